The zero-order chi connectivity index (χ0) is 12.2. The molecule has 16 heavy (non-hydrogen) atoms. The minimum absolute atomic E-state index is 0.537. The molecule has 0 radical (unpaired) electrons. The van der Waals surface area contributed by atoms with Crippen molar-refractivity contribution in [1.29, 1.82) is 0 Å². The highest BCUT2D eigenvalue weighted by Crippen LogP contribution is 2.00. The Balaban J connectivity index is 0.000000281. The first-order valence-electron chi connectivity index (χ1n) is 5.19. The van der Waals surface area contributed by atoms with Gasteiger partial charge in [0.15, 0.2) is 0 Å². The summed E-state index contributed by atoms with van der Waals surface area (Å²) in [6.45, 7) is 12.0. The topological polar surface area (TPSA) is 18.5 Å². The molecule has 0 spiro atoms. The van der Waals surface area contributed by atoms with Crippen LogP contribution in [0.4, 0.5) is 0 Å². The van der Waals surface area contributed by atoms with Crippen LogP contribution in [0.5, 0.6) is 0 Å². The third kappa shape index (κ3) is 8.88. The summed E-state index contributed by atoms with van der Waals surface area (Å²) < 4.78 is 9.45. The maximum Gasteiger partial charge on any atom is 0.121 e. The second-order valence-corrected chi connectivity index (χ2v) is 3.23. The first-order chi connectivity index (χ1) is 7.70. The SMILES string of the molecule is C=COCCOC=C.Cc1cccc(C)c1. The zero-order valence-electron chi connectivity index (χ0n) is 10.1. The lowest BCUT2D eigenvalue weighted by Crippen LogP contribution is -1.95. The van der Waals surface area contributed by atoms with Crippen molar-refractivity contribution in [2.24, 2.45) is 0 Å². The first kappa shape index (κ1) is 14.3. The Hall–Kier alpha value is -1.70. The van der Waals surface area contributed by atoms with Gasteiger partial charge in [0.05, 0.1) is 12.5 Å². The fourth-order valence-corrected chi connectivity index (χ4v) is 1.07. The molecule has 0 fully saturated rings. The maximum absolute atomic E-state index is 4.73. The first-order valence-corrected chi connectivity index (χ1v) is 5.19. The van der Waals surface area contributed by atoms with Crippen LogP contribution < -0.4 is 0 Å². The molecule has 88 valence electrons. The lowest BCUT2D eigenvalue weighted by molar-refractivity contribution is 0.151. The summed E-state index contributed by atoms with van der Waals surface area (Å²) in [5.74, 6) is 0. The largest absolute Gasteiger partial charge is 0.498 e. The fourth-order valence-electron chi connectivity index (χ4n) is 1.07. The summed E-state index contributed by atoms with van der Waals surface area (Å²) in [5, 5.41) is 0. The van der Waals surface area contributed by atoms with Crippen molar-refractivity contribution >= 4 is 0 Å². The molecule has 0 bridgehead atoms. The van der Waals surface area contributed by atoms with Gasteiger partial charge in [0.2, 0.25) is 0 Å². The number of aryl methyl sites for hydroxylation is 2. The van der Waals surface area contributed by atoms with Crippen LogP contribution in [0.3, 0.4) is 0 Å². The highest BCUT2D eigenvalue weighted by molar-refractivity contribution is 5.20. The van der Waals surface area contributed by atoms with Crippen molar-refractivity contribution in [3.05, 3.63) is 61.1 Å². The summed E-state index contributed by atoms with van der Waals surface area (Å²) in [7, 11) is 0. The van der Waals surface area contributed by atoms with E-state index in [-0.39, 0.29) is 0 Å². The Morgan fingerprint density at radius 1 is 1.00 bits per heavy atom. The Morgan fingerprint density at radius 3 is 1.69 bits per heavy atom. The number of hydrogen-bond donors (Lipinski definition) is 0. The van der Waals surface area contributed by atoms with Gasteiger partial charge in [-0.2, -0.15) is 0 Å². The molecule has 0 aliphatic carbocycles. The van der Waals surface area contributed by atoms with E-state index in [4.69, 9.17) is 9.47 Å². The second kappa shape index (κ2) is 9.84. The van der Waals surface area contributed by atoms with Gasteiger partial charge in [-0.05, 0) is 13.8 Å². The van der Waals surface area contributed by atoms with Crippen LogP contribution in [0.1, 0.15) is 11.1 Å². The fraction of sp³-hybridized carbons (Fsp3) is 0.286. The van der Waals surface area contributed by atoms with Crippen molar-refractivity contribution in [3.8, 4) is 0 Å². The standard InChI is InChI=1S/C8H10.C6H10O2/c1-7-4-3-5-8(2)6-7;1-3-7-5-6-8-4-2/h3-6H,1-2H3;3-4H,1-2,5-6H2. The van der Waals surface area contributed by atoms with Crippen LogP contribution in [0.2, 0.25) is 0 Å². The van der Waals surface area contributed by atoms with Gasteiger partial charge >= 0.3 is 0 Å². The van der Waals surface area contributed by atoms with Gasteiger partial charge in [-0.25, -0.2) is 0 Å². The Kier molecular flexibility index (Phi) is 8.79. The molecule has 1 aromatic carbocycles. The number of hydrogen-bond acceptors (Lipinski definition) is 2. The van der Waals surface area contributed by atoms with E-state index in [0.29, 0.717) is 13.2 Å². The van der Waals surface area contributed by atoms with E-state index >= 15 is 0 Å². The van der Waals surface area contributed by atoms with Gasteiger partial charge < -0.3 is 9.47 Å². The number of rotatable bonds is 5. The molecule has 0 heterocycles. The summed E-state index contributed by atoms with van der Waals surface area (Å²) >= 11 is 0. The van der Waals surface area contributed by atoms with Crippen LogP contribution in [-0.4, -0.2) is 13.2 Å². The van der Waals surface area contributed by atoms with Gasteiger partial charge in [-0.3, -0.25) is 0 Å². The average Bonchev–Trinajstić information content (AvgIpc) is 2.25. The smallest absolute Gasteiger partial charge is 0.121 e. The van der Waals surface area contributed by atoms with Gasteiger partial charge in [0.1, 0.15) is 13.2 Å². The molecule has 0 N–H and O–H groups in total. The van der Waals surface area contributed by atoms with Crippen molar-refractivity contribution < 1.29 is 9.47 Å². The third-order valence-electron chi connectivity index (χ3n) is 1.73. The predicted octanol–water partition coefficient (Wildman–Crippen LogP) is 3.61. The molecule has 2 nitrogen and oxygen atoms in total. The molecular weight excluding hydrogens is 200 g/mol. The average molecular weight is 220 g/mol. The van der Waals surface area contributed by atoms with Gasteiger partial charge in [-0.1, -0.05) is 48.6 Å². The van der Waals surface area contributed by atoms with Crippen molar-refractivity contribution in [2.45, 2.75) is 13.8 Å². The van der Waals surface area contributed by atoms with Crippen LogP contribution in [0.15, 0.2) is 49.9 Å². The lowest BCUT2D eigenvalue weighted by Gasteiger charge is -1.97. The Morgan fingerprint density at radius 2 is 1.44 bits per heavy atom. The van der Waals surface area contributed by atoms with E-state index < -0.39 is 0 Å². The van der Waals surface area contributed by atoms with Crippen molar-refractivity contribution in [2.75, 3.05) is 13.2 Å². The van der Waals surface area contributed by atoms with E-state index in [0.717, 1.165) is 0 Å². The Labute approximate surface area is 98.2 Å². The minimum Gasteiger partial charge on any atom is -0.498 e. The van der Waals surface area contributed by atoms with Crippen LogP contribution >= 0.6 is 0 Å². The monoisotopic (exact) mass is 220 g/mol. The van der Waals surface area contributed by atoms with E-state index in [2.05, 4.69) is 51.3 Å². The van der Waals surface area contributed by atoms with Crippen molar-refractivity contribution in [3.63, 3.8) is 0 Å². The summed E-state index contributed by atoms with van der Waals surface area (Å²) in [6, 6.07) is 8.45. The van der Waals surface area contributed by atoms with Gasteiger partial charge in [0, 0.05) is 0 Å². The van der Waals surface area contributed by atoms with E-state index in [1.807, 2.05) is 0 Å². The normalized spacial score (nSPS) is 8.38. The summed E-state index contributed by atoms with van der Waals surface area (Å²) in [6.07, 6.45) is 2.76. The van der Waals surface area contributed by atoms with Crippen LogP contribution in [0.25, 0.3) is 0 Å². The molecule has 0 aliphatic rings. The molecule has 2 heteroatoms. The molecular formula is C14H20O2. The molecule has 0 saturated carbocycles. The quantitative estimate of drug-likeness (QED) is 0.557. The molecule has 0 unspecified atom stereocenters. The van der Waals surface area contributed by atoms with Gasteiger partial charge in [-0.15, -0.1) is 0 Å². The van der Waals surface area contributed by atoms with E-state index in [1.165, 1.54) is 23.7 Å². The lowest BCUT2D eigenvalue weighted by atomic mass is 10.2. The van der Waals surface area contributed by atoms with Crippen LogP contribution in [0, 0.1) is 13.8 Å². The van der Waals surface area contributed by atoms with Crippen LogP contribution in [-0.2, 0) is 9.47 Å². The van der Waals surface area contributed by atoms with Gasteiger partial charge in [0.25, 0.3) is 0 Å². The third-order valence-corrected chi connectivity index (χ3v) is 1.73. The second-order valence-electron chi connectivity index (χ2n) is 3.23. The highest BCUT2D eigenvalue weighted by atomic mass is 16.5. The predicted molar refractivity (Wildman–Crippen MR) is 68.2 cm³/mol. The molecule has 0 amide bonds. The molecule has 1 rings (SSSR count). The Bertz CT molecular complexity index is 278. The molecule has 0 aromatic heterocycles. The maximum atomic E-state index is 4.73. The number of benzene rings is 1. The number of ether oxygens (including phenoxy) is 2. The van der Waals surface area contributed by atoms with Crippen molar-refractivity contribution in [1.82, 2.24) is 0 Å². The zero-order valence-corrected chi connectivity index (χ0v) is 10.1. The molecule has 1 aromatic rings. The summed E-state index contributed by atoms with van der Waals surface area (Å²) in [5.41, 5.74) is 2.68. The van der Waals surface area contributed by atoms with E-state index in [1.54, 1.807) is 0 Å². The molecule has 0 atom stereocenters. The highest BCUT2D eigenvalue weighted by Gasteiger charge is 1.80. The van der Waals surface area contributed by atoms with E-state index in [9.17, 15) is 0 Å². The minimum atomic E-state index is 0.537. The summed E-state index contributed by atoms with van der Waals surface area (Å²) in [4.78, 5) is 0. The molecule has 0 aliphatic heterocycles. The molecule has 0 saturated heterocycles.